The third-order valence-corrected chi connectivity index (χ3v) is 2.51. The molecular weight excluding hydrogens is 166 g/mol. The second-order valence-electron chi connectivity index (χ2n) is 3.41. The van der Waals surface area contributed by atoms with Crippen LogP contribution in [0.15, 0.2) is 24.3 Å². The Morgan fingerprint density at radius 2 is 2.23 bits per heavy atom. The molecule has 3 N–H and O–H groups in total. The van der Waals surface area contributed by atoms with E-state index in [1.165, 1.54) is 0 Å². The van der Waals surface area contributed by atoms with Crippen molar-refractivity contribution in [3.05, 3.63) is 29.8 Å². The lowest BCUT2D eigenvalue weighted by atomic mass is 9.86. The summed E-state index contributed by atoms with van der Waals surface area (Å²) in [7, 11) is 0. The summed E-state index contributed by atoms with van der Waals surface area (Å²) in [4.78, 5) is 0. The first-order valence-electron chi connectivity index (χ1n) is 4.38. The molecule has 0 amide bonds. The Morgan fingerprint density at radius 1 is 1.46 bits per heavy atom. The Hall–Kier alpha value is -1.06. The Balaban J connectivity index is 2.48. The van der Waals surface area contributed by atoms with E-state index in [9.17, 15) is 5.11 Å². The molecule has 0 aliphatic carbocycles. The van der Waals surface area contributed by atoms with Crippen LogP contribution in [0.25, 0.3) is 0 Å². The number of aliphatic hydroxyl groups is 1. The smallest absolute Gasteiger partial charge is 0.124 e. The van der Waals surface area contributed by atoms with Gasteiger partial charge < -0.3 is 15.6 Å². The lowest BCUT2D eigenvalue weighted by Crippen LogP contribution is -2.44. The maximum absolute atomic E-state index is 9.22. The molecule has 0 saturated carbocycles. The van der Waals surface area contributed by atoms with Gasteiger partial charge in [-0.25, -0.2) is 0 Å². The van der Waals surface area contributed by atoms with E-state index >= 15 is 0 Å². The van der Waals surface area contributed by atoms with Crippen molar-refractivity contribution in [3.8, 4) is 5.75 Å². The third kappa shape index (κ3) is 1.30. The monoisotopic (exact) mass is 179 g/mol. The summed E-state index contributed by atoms with van der Waals surface area (Å²) in [6.07, 6.45) is 0.667. The summed E-state index contributed by atoms with van der Waals surface area (Å²) in [5.41, 5.74) is 6.33. The van der Waals surface area contributed by atoms with Gasteiger partial charge in [0.25, 0.3) is 0 Å². The summed E-state index contributed by atoms with van der Waals surface area (Å²) in [5, 5.41) is 9.22. The highest BCUT2D eigenvalue weighted by atomic mass is 16.5. The highest BCUT2D eigenvalue weighted by Crippen LogP contribution is 2.34. The molecule has 70 valence electrons. The van der Waals surface area contributed by atoms with Crippen LogP contribution in [0.3, 0.4) is 0 Å². The van der Waals surface area contributed by atoms with E-state index in [4.69, 9.17) is 10.5 Å². The van der Waals surface area contributed by atoms with Crippen LogP contribution < -0.4 is 10.5 Å². The number of hydrogen-bond donors (Lipinski definition) is 2. The predicted octanol–water partition coefficient (Wildman–Crippen LogP) is 0.615. The van der Waals surface area contributed by atoms with Crippen molar-refractivity contribution in [2.75, 3.05) is 13.2 Å². The van der Waals surface area contributed by atoms with Gasteiger partial charge in [0.15, 0.2) is 0 Å². The molecule has 1 aliphatic heterocycles. The molecule has 0 saturated heterocycles. The summed E-state index contributed by atoms with van der Waals surface area (Å²) in [5.74, 6) is 0.797. The molecule has 0 aromatic heterocycles. The van der Waals surface area contributed by atoms with Crippen LogP contribution in [-0.2, 0) is 5.54 Å². The lowest BCUT2D eigenvalue weighted by molar-refractivity contribution is 0.138. The first kappa shape index (κ1) is 8.53. The number of fused-ring (bicyclic) bond motifs is 1. The van der Waals surface area contributed by atoms with Gasteiger partial charge in [0.2, 0.25) is 0 Å². The topological polar surface area (TPSA) is 55.5 Å². The lowest BCUT2D eigenvalue weighted by Gasteiger charge is -2.33. The first-order valence-corrected chi connectivity index (χ1v) is 4.38. The number of para-hydroxylation sites is 1. The number of rotatable bonds is 1. The molecule has 2 rings (SSSR count). The largest absolute Gasteiger partial charge is 0.493 e. The number of aliphatic hydroxyl groups excluding tert-OH is 1. The van der Waals surface area contributed by atoms with Crippen LogP contribution in [0.1, 0.15) is 12.0 Å². The van der Waals surface area contributed by atoms with Gasteiger partial charge in [0, 0.05) is 12.0 Å². The summed E-state index contributed by atoms with van der Waals surface area (Å²) >= 11 is 0. The van der Waals surface area contributed by atoms with Gasteiger partial charge in [-0.1, -0.05) is 18.2 Å². The first-order chi connectivity index (χ1) is 6.26. The maximum Gasteiger partial charge on any atom is 0.124 e. The minimum absolute atomic E-state index is 0.0344. The van der Waals surface area contributed by atoms with Gasteiger partial charge in [-0.15, -0.1) is 0 Å². The number of ether oxygens (including phenoxy) is 1. The SMILES string of the molecule is N[C@@]1(CO)CCOc2ccccc21. The molecule has 0 radical (unpaired) electrons. The fourth-order valence-electron chi connectivity index (χ4n) is 1.65. The van der Waals surface area contributed by atoms with Crippen molar-refractivity contribution in [1.29, 1.82) is 0 Å². The van der Waals surface area contributed by atoms with Crippen molar-refractivity contribution >= 4 is 0 Å². The van der Waals surface area contributed by atoms with Crippen molar-refractivity contribution in [2.45, 2.75) is 12.0 Å². The van der Waals surface area contributed by atoms with Crippen LogP contribution >= 0.6 is 0 Å². The van der Waals surface area contributed by atoms with E-state index < -0.39 is 5.54 Å². The molecule has 3 nitrogen and oxygen atoms in total. The highest BCUT2D eigenvalue weighted by Gasteiger charge is 2.32. The summed E-state index contributed by atoms with van der Waals surface area (Å²) in [6, 6.07) is 7.60. The molecule has 1 aliphatic rings. The molecule has 0 bridgehead atoms. The van der Waals surface area contributed by atoms with Gasteiger partial charge >= 0.3 is 0 Å². The van der Waals surface area contributed by atoms with Crippen LogP contribution in [0.5, 0.6) is 5.75 Å². The van der Waals surface area contributed by atoms with Gasteiger partial charge in [-0.2, -0.15) is 0 Å². The minimum Gasteiger partial charge on any atom is -0.493 e. The minimum atomic E-state index is -0.616. The maximum atomic E-state index is 9.22. The van der Waals surface area contributed by atoms with Crippen molar-refractivity contribution in [1.82, 2.24) is 0 Å². The molecule has 1 aromatic rings. The number of benzene rings is 1. The Morgan fingerprint density at radius 3 is 3.00 bits per heavy atom. The van der Waals surface area contributed by atoms with Crippen molar-refractivity contribution < 1.29 is 9.84 Å². The summed E-state index contributed by atoms with van der Waals surface area (Å²) in [6.45, 7) is 0.543. The molecule has 3 heteroatoms. The van der Waals surface area contributed by atoms with E-state index in [-0.39, 0.29) is 6.61 Å². The average Bonchev–Trinajstić information content (AvgIpc) is 2.19. The van der Waals surface area contributed by atoms with Gasteiger partial charge in [0.05, 0.1) is 18.8 Å². The fourth-order valence-corrected chi connectivity index (χ4v) is 1.65. The predicted molar refractivity (Wildman–Crippen MR) is 49.5 cm³/mol. The number of nitrogens with two attached hydrogens (primary N) is 1. The molecule has 1 aromatic carbocycles. The second-order valence-corrected chi connectivity index (χ2v) is 3.41. The van der Waals surface area contributed by atoms with Crippen LogP contribution in [0.4, 0.5) is 0 Å². The normalized spacial score (nSPS) is 26.3. The molecule has 0 spiro atoms. The van der Waals surface area contributed by atoms with Gasteiger partial charge in [-0.3, -0.25) is 0 Å². The summed E-state index contributed by atoms with van der Waals surface area (Å²) < 4.78 is 5.43. The zero-order valence-electron chi connectivity index (χ0n) is 7.36. The van der Waals surface area contributed by atoms with E-state index in [2.05, 4.69) is 0 Å². The molecule has 0 unspecified atom stereocenters. The Labute approximate surface area is 77.1 Å². The second kappa shape index (κ2) is 3.01. The highest BCUT2D eigenvalue weighted by molar-refractivity contribution is 5.40. The average molecular weight is 179 g/mol. The Bertz CT molecular complexity index is 314. The van der Waals surface area contributed by atoms with E-state index in [1.54, 1.807) is 0 Å². The van der Waals surface area contributed by atoms with Crippen molar-refractivity contribution in [2.24, 2.45) is 5.73 Å². The standard InChI is InChI=1S/C10H13NO2/c11-10(7-12)5-6-13-9-4-2-1-3-8(9)10/h1-4,12H,5-7,11H2/t10-/m1/s1. The Kier molecular flexibility index (Phi) is 1.98. The van der Waals surface area contributed by atoms with Crippen LogP contribution in [-0.4, -0.2) is 18.3 Å². The van der Waals surface area contributed by atoms with Gasteiger partial charge in [0.1, 0.15) is 5.75 Å². The molecule has 1 heterocycles. The molecule has 0 fully saturated rings. The van der Waals surface area contributed by atoms with Crippen LogP contribution in [0, 0.1) is 0 Å². The molecule has 1 atom stereocenters. The van der Waals surface area contributed by atoms with Gasteiger partial charge in [-0.05, 0) is 6.07 Å². The fraction of sp³-hybridized carbons (Fsp3) is 0.400. The zero-order valence-corrected chi connectivity index (χ0v) is 7.36. The third-order valence-electron chi connectivity index (χ3n) is 2.51. The quantitative estimate of drug-likeness (QED) is 0.664. The molecular formula is C10H13NO2. The zero-order chi connectivity index (χ0) is 9.31. The van der Waals surface area contributed by atoms with Crippen LogP contribution in [0.2, 0.25) is 0 Å². The number of hydrogen-bond acceptors (Lipinski definition) is 3. The van der Waals surface area contributed by atoms with Crippen molar-refractivity contribution in [3.63, 3.8) is 0 Å². The molecule has 13 heavy (non-hydrogen) atoms. The van der Waals surface area contributed by atoms with E-state index in [0.717, 1.165) is 11.3 Å². The van der Waals surface area contributed by atoms with E-state index in [1.807, 2.05) is 24.3 Å². The van der Waals surface area contributed by atoms with E-state index in [0.29, 0.717) is 13.0 Å².